The number of rotatable bonds is 5. The van der Waals surface area contributed by atoms with E-state index in [4.69, 9.17) is 0 Å². The molecule has 0 saturated carbocycles. The van der Waals surface area contributed by atoms with Gasteiger partial charge in [0.2, 0.25) is 0 Å². The monoisotopic (exact) mass is 255 g/mol. The molecule has 1 heteroatoms. The van der Waals surface area contributed by atoms with Gasteiger partial charge in [-0.05, 0) is 48.9 Å². The van der Waals surface area contributed by atoms with Crippen LogP contribution in [0.4, 0.5) is 0 Å². The number of benzene rings is 1. The normalized spacial score (nSPS) is 10.9. The molecule has 1 aromatic carbocycles. The summed E-state index contributed by atoms with van der Waals surface area (Å²) in [6.45, 7) is 9.10. The second-order valence-electron chi connectivity index (χ2n) is 4.94. The van der Waals surface area contributed by atoms with Gasteiger partial charge in [-0.2, -0.15) is 0 Å². The minimum absolute atomic E-state index is 1.10. The van der Waals surface area contributed by atoms with Crippen LogP contribution in [0.1, 0.15) is 50.2 Å². The van der Waals surface area contributed by atoms with Gasteiger partial charge in [0.15, 0.2) is 0 Å². The van der Waals surface area contributed by atoms with Crippen LogP contribution < -0.4 is 0 Å². The zero-order chi connectivity index (χ0) is 13.8. The summed E-state index contributed by atoms with van der Waals surface area (Å²) in [6.07, 6.45) is 4.48. The third-order valence-corrected chi connectivity index (χ3v) is 3.99. The molecule has 0 aliphatic carbocycles. The third kappa shape index (κ3) is 2.34. The molecule has 0 aliphatic rings. The molecular weight excluding hydrogens is 230 g/mol. The summed E-state index contributed by atoms with van der Waals surface area (Å²) in [6, 6.07) is 10.8. The molecule has 1 heterocycles. The Hall–Kier alpha value is -1.50. The van der Waals surface area contributed by atoms with Crippen LogP contribution in [0.15, 0.2) is 30.3 Å². The Labute approximate surface area is 117 Å². The maximum atomic E-state index is 2.50. The third-order valence-electron chi connectivity index (χ3n) is 3.99. The SMILES string of the molecule is CCc1c(CC)c(CC)n(-c2ccccc2)c1CC. The quantitative estimate of drug-likeness (QED) is 0.728. The van der Waals surface area contributed by atoms with Crippen molar-refractivity contribution in [1.82, 2.24) is 4.57 Å². The number of hydrogen-bond acceptors (Lipinski definition) is 0. The Kier molecular flexibility index (Phi) is 4.47. The molecule has 2 rings (SSSR count). The minimum Gasteiger partial charge on any atom is -0.317 e. The Morgan fingerprint density at radius 1 is 0.684 bits per heavy atom. The Morgan fingerprint density at radius 3 is 1.53 bits per heavy atom. The van der Waals surface area contributed by atoms with Crippen molar-refractivity contribution in [2.24, 2.45) is 0 Å². The molecule has 0 N–H and O–H groups in total. The topological polar surface area (TPSA) is 4.93 Å². The molecule has 0 radical (unpaired) electrons. The van der Waals surface area contributed by atoms with Crippen LogP contribution in [0.5, 0.6) is 0 Å². The van der Waals surface area contributed by atoms with Crippen molar-refractivity contribution in [3.63, 3.8) is 0 Å². The van der Waals surface area contributed by atoms with E-state index < -0.39 is 0 Å². The molecule has 0 unspecified atom stereocenters. The van der Waals surface area contributed by atoms with Crippen LogP contribution in [0.25, 0.3) is 5.69 Å². The fraction of sp³-hybridized carbons (Fsp3) is 0.444. The molecule has 1 aromatic heterocycles. The van der Waals surface area contributed by atoms with Gasteiger partial charge in [-0.15, -0.1) is 0 Å². The molecule has 2 aromatic rings. The van der Waals surface area contributed by atoms with E-state index in [1.807, 2.05) is 0 Å². The molecule has 0 atom stereocenters. The van der Waals surface area contributed by atoms with Crippen LogP contribution in [-0.4, -0.2) is 4.57 Å². The zero-order valence-corrected chi connectivity index (χ0v) is 12.7. The van der Waals surface area contributed by atoms with Crippen molar-refractivity contribution >= 4 is 0 Å². The van der Waals surface area contributed by atoms with E-state index in [9.17, 15) is 0 Å². The van der Waals surface area contributed by atoms with Gasteiger partial charge in [0.1, 0.15) is 0 Å². The van der Waals surface area contributed by atoms with Gasteiger partial charge in [0.05, 0.1) is 0 Å². The summed E-state index contributed by atoms with van der Waals surface area (Å²) >= 11 is 0. The van der Waals surface area contributed by atoms with Crippen LogP contribution >= 0.6 is 0 Å². The predicted octanol–water partition coefficient (Wildman–Crippen LogP) is 4.73. The summed E-state index contributed by atoms with van der Waals surface area (Å²) in [5.74, 6) is 0. The van der Waals surface area contributed by atoms with Crippen LogP contribution in [-0.2, 0) is 25.7 Å². The average molecular weight is 255 g/mol. The summed E-state index contributed by atoms with van der Waals surface area (Å²) in [5, 5.41) is 0. The van der Waals surface area contributed by atoms with Gasteiger partial charge in [0, 0.05) is 17.1 Å². The molecule has 102 valence electrons. The van der Waals surface area contributed by atoms with E-state index in [0.717, 1.165) is 25.7 Å². The van der Waals surface area contributed by atoms with E-state index in [1.54, 1.807) is 11.1 Å². The lowest BCUT2D eigenvalue weighted by Crippen LogP contribution is -2.04. The fourth-order valence-corrected chi connectivity index (χ4v) is 3.25. The first-order valence-corrected chi connectivity index (χ1v) is 7.57. The highest BCUT2D eigenvalue weighted by Gasteiger charge is 2.18. The molecule has 0 saturated heterocycles. The highest BCUT2D eigenvalue weighted by atomic mass is 15.0. The van der Waals surface area contributed by atoms with Crippen molar-refractivity contribution in [1.29, 1.82) is 0 Å². The molecular formula is C18H25N. The van der Waals surface area contributed by atoms with Crippen molar-refractivity contribution < 1.29 is 0 Å². The summed E-state index contributed by atoms with van der Waals surface area (Å²) in [4.78, 5) is 0. The minimum atomic E-state index is 1.10. The number of nitrogens with zero attached hydrogens (tertiary/aromatic N) is 1. The molecule has 0 spiro atoms. The summed E-state index contributed by atoms with van der Waals surface area (Å²) in [5.41, 5.74) is 7.46. The van der Waals surface area contributed by atoms with Gasteiger partial charge >= 0.3 is 0 Å². The molecule has 0 amide bonds. The predicted molar refractivity (Wildman–Crippen MR) is 83.3 cm³/mol. The van der Waals surface area contributed by atoms with Crippen molar-refractivity contribution in [3.05, 3.63) is 52.8 Å². The first-order chi connectivity index (χ1) is 9.28. The number of para-hydroxylation sites is 1. The maximum absolute atomic E-state index is 2.50. The van der Waals surface area contributed by atoms with Crippen molar-refractivity contribution in [2.75, 3.05) is 0 Å². The van der Waals surface area contributed by atoms with E-state index in [1.165, 1.54) is 17.1 Å². The Balaban J connectivity index is 2.74. The lowest BCUT2D eigenvalue weighted by molar-refractivity contribution is 0.853. The van der Waals surface area contributed by atoms with Crippen molar-refractivity contribution in [2.45, 2.75) is 53.4 Å². The molecule has 1 nitrogen and oxygen atoms in total. The van der Waals surface area contributed by atoms with Crippen LogP contribution in [0.3, 0.4) is 0 Å². The highest BCUT2D eigenvalue weighted by molar-refractivity contribution is 5.47. The van der Waals surface area contributed by atoms with Gasteiger partial charge < -0.3 is 4.57 Å². The van der Waals surface area contributed by atoms with Gasteiger partial charge in [0.25, 0.3) is 0 Å². The van der Waals surface area contributed by atoms with E-state index >= 15 is 0 Å². The molecule has 0 aliphatic heterocycles. The first kappa shape index (κ1) is 13.9. The van der Waals surface area contributed by atoms with Gasteiger partial charge in [-0.3, -0.25) is 0 Å². The smallest absolute Gasteiger partial charge is 0.0455 e. The average Bonchev–Trinajstić information content (AvgIpc) is 2.80. The summed E-state index contributed by atoms with van der Waals surface area (Å²) in [7, 11) is 0. The van der Waals surface area contributed by atoms with Crippen LogP contribution in [0, 0.1) is 0 Å². The molecule has 19 heavy (non-hydrogen) atoms. The maximum Gasteiger partial charge on any atom is 0.0455 e. The second kappa shape index (κ2) is 6.10. The fourth-order valence-electron chi connectivity index (χ4n) is 3.25. The van der Waals surface area contributed by atoms with Crippen molar-refractivity contribution in [3.8, 4) is 5.69 Å². The zero-order valence-electron chi connectivity index (χ0n) is 12.7. The van der Waals surface area contributed by atoms with Gasteiger partial charge in [-0.25, -0.2) is 0 Å². The Morgan fingerprint density at radius 2 is 1.16 bits per heavy atom. The Bertz CT molecular complexity index is 505. The second-order valence-corrected chi connectivity index (χ2v) is 4.94. The number of aromatic nitrogens is 1. The highest BCUT2D eigenvalue weighted by Crippen LogP contribution is 2.29. The standard InChI is InChI=1S/C18H25N/c1-5-15-16(6-2)18(8-4)19(17(15)7-3)14-12-10-9-11-13-14/h9-13H,5-8H2,1-4H3. The number of hydrogen-bond donors (Lipinski definition) is 0. The van der Waals surface area contributed by atoms with Gasteiger partial charge in [-0.1, -0.05) is 45.9 Å². The molecule has 0 fully saturated rings. The lowest BCUT2D eigenvalue weighted by Gasteiger charge is -2.13. The van der Waals surface area contributed by atoms with E-state index in [0.29, 0.717) is 0 Å². The first-order valence-electron chi connectivity index (χ1n) is 7.57. The van der Waals surface area contributed by atoms with Crippen LogP contribution in [0.2, 0.25) is 0 Å². The lowest BCUT2D eigenvalue weighted by atomic mass is 10.0. The van der Waals surface area contributed by atoms with E-state index in [2.05, 4.69) is 62.6 Å². The molecule has 0 bridgehead atoms. The largest absolute Gasteiger partial charge is 0.317 e. The summed E-state index contributed by atoms with van der Waals surface area (Å²) < 4.78 is 2.50. The van der Waals surface area contributed by atoms with E-state index in [-0.39, 0.29) is 0 Å².